The molecule has 1 saturated heterocycles. The fourth-order valence-electron chi connectivity index (χ4n) is 4.54. The number of hydrogen-bond donors (Lipinski definition) is 4. The van der Waals surface area contributed by atoms with Gasteiger partial charge in [-0.25, -0.2) is 9.67 Å². The molecule has 0 spiro atoms. The SMILES string of the molecule is C=Nc1cc(C2CCCCN2C(=C)c2cc(Cl)ccc2NS(C)(C)O)nn1/C=C(/C)CC(O)[CH-]CNC.[CH3-].[Y]. The summed E-state index contributed by atoms with van der Waals surface area (Å²) >= 11 is 6.37. The average molecular weight is 652 g/mol. The molecule has 8 nitrogen and oxygen atoms in total. The smallest absolute Gasteiger partial charge is 0.154 e. The van der Waals surface area contributed by atoms with Gasteiger partial charge in [-0.1, -0.05) is 40.4 Å². The van der Waals surface area contributed by atoms with Crippen LogP contribution in [0.4, 0.5) is 11.5 Å². The van der Waals surface area contributed by atoms with Crippen LogP contribution in [0.5, 0.6) is 0 Å². The number of anilines is 1. The number of halogens is 1. The number of rotatable bonds is 12. The van der Waals surface area contributed by atoms with Gasteiger partial charge in [-0.3, -0.25) is 6.42 Å². The number of nitrogens with zero attached hydrogens (tertiary/aromatic N) is 4. The van der Waals surface area contributed by atoms with E-state index in [1.165, 1.54) is 0 Å². The second kappa shape index (κ2) is 16.3. The first kappa shape index (κ1) is 35.8. The molecule has 1 aliphatic rings. The Labute approximate surface area is 266 Å². The third-order valence-electron chi connectivity index (χ3n) is 6.21. The molecule has 3 rings (SSSR count). The van der Waals surface area contributed by atoms with Gasteiger partial charge >= 0.3 is 0 Å². The minimum atomic E-state index is -1.99. The van der Waals surface area contributed by atoms with Crippen molar-refractivity contribution in [3.8, 4) is 0 Å². The van der Waals surface area contributed by atoms with Gasteiger partial charge in [0.15, 0.2) is 5.82 Å². The molecule has 0 bridgehead atoms. The Morgan fingerprint density at radius 1 is 1.36 bits per heavy atom. The number of likely N-dealkylation sites (tertiary alicyclic amines) is 1. The van der Waals surface area contributed by atoms with Crippen molar-refractivity contribution >= 4 is 52.2 Å². The summed E-state index contributed by atoms with van der Waals surface area (Å²) in [6.45, 7) is 11.6. The Kier molecular flexibility index (Phi) is 15.0. The van der Waals surface area contributed by atoms with Crippen LogP contribution in [0.15, 0.2) is 41.4 Å². The average Bonchev–Trinajstić information content (AvgIpc) is 3.25. The van der Waals surface area contributed by atoms with Crippen molar-refractivity contribution in [3.63, 3.8) is 0 Å². The van der Waals surface area contributed by atoms with Crippen molar-refractivity contribution in [2.75, 3.05) is 37.4 Å². The van der Waals surface area contributed by atoms with Crippen LogP contribution in [-0.2, 0) is 32.7 Å². The van der Waals surface area contributed by atoms with Crippen molar-refractivity contribution in [2.45, 2.75) is 44.8 Å². The second-order valence-electron chi connectivity index (χ2n) is 9.79. The van der Waals surface area contributed by atoms with Crippen molar-refractivity contribution in [2.24, 2.45) is 4.99 Å². The third kappa shape index (κ3) is 10.3. The first-order valence-electron chi connectivity index (χ1n) is 12.4. The Hall–Kier alpha value is -1.20. The summed E-state index contributed by atoms with van der Waals surface area (Å²) in [6.07, 6.45) is 10.3. The third-order valence-corrected chi connectivity index (χ3v) is 7.16. The standard InChI is InChI=1S/C27H40ClN6O2S.CH3.Y/c1-19(15-22(35)12-13-29-3)18-34-27(30-4)17-25(31-34)26-9-7-8-14-33(26)20(2)23-16-21(28)10-11-24(23)32-37(5,6)36;;/h10-12,16-18,22,26,29,32,35-36H,2,4,7-9,13-15H2,1,3,5-6H3;1H3;/q2*-1;/b19-18-;;. The zero-order chi connectivity index (χ0) is 27.2. The van der Waals surface area contributed by atoms with E-state index in [4.69, 9.17) is 16.7 Å². The van der Waals surface area contributed by atoms with Crippen LogP contribution < -0.4 is 10.0 Å². The van der Waals surface area contributed by atoms with Crippen LogP contribution in [0, 0.1) is 13.8 Å². The first-order chi connectivity index (χ1) is 17.5. The molecule has 1 aromatic heterocycles. The summed E-state index contributed by atoms with van der Waals surface area (Å²) in [6, 6.07) is 7.56. The molecule has 11 heteroatoms. The molecule has 2 heterocycles. The molecule has 0 amide bonds. The maximum atomic E-state index is 10.5. The summed E-state index contributed by atoms with van der Waals surface area (Å²) in [5.74, 6) is 0.648. The fourth-order valence-corrected chi connectivity index (χ4v) is 5.43. The van der Waals surface area contributed by atoms with Crippen molar-refractivity contribution < 1.29 is 42.4 Å². The van der Waals surface area contributed by atoms with Crippen LogP contribution >= 0.6 is 22.1 Å². The number of aliphatic hydroxyl groups is 1. The molecule has 1 aliphatic heterocycles. The van der Waals surface area contributed by atoms with Gasteiger partial charge in [-0.05, 0) is 64.6 Å². The predicted octanol–water partition coefficient (Wildman–Crippen LogP) is 6.41. The molecular formula is C28H43ClN6O2SY-2. The Balaban J connectivity index is 0.00000380. The van der Waals surface area contributed by atoms with Gasteiger partial charge in [0.1, 0.15) is 0 Å². The van der Waals surface area contributed by atoms with Gasteiger partial charge in [0.2, 0.25) is 0 Å². The summed E-state index contributed by atoms with van der Waals surface area (Å²) in [5, 5.41) is 18.7. The largest absolute Gasteiger partial charge is 0.425 e. The van der Waals surface area contributed by atoms with E-state index in [2.05, 4.69) is 33.2 Å². The quantitative estimate of drug-likeness (QED) is 0.156. The summed E-state index contributed by atoms with van der Waals surface area (Å²) in [7, 11) is -0.144. The minimum absolute atomic E-state index is 0. The maximum Gasteiger partial charge on any atom is 0.154 e. The monoisotopic (exact) mass is 651 g/mol. The molecule has 1 aromatic carbocycles. The molecule has 1 fully saturated rings. The summed E-state index contributed by atoms with van der Waals surface area (Å²) in [4.78, 5) is 6.46. The van der Waals surface area contributed by atoms with Crippen LogP contribution in [0.3, 0.4) is 0 Å². The number of piperidine rings is 1. The van der Waals surface area contributed by atoms with E-state index in [1.807, 2.05) is 50.9 Å². The number of aliphatic hydroxyl groups excluding tert-OH is 1. The normalized spacial score (nSPS) is 17.1. The summed E-state index contributed by atoms with van der Waals surface area (Å²) < 4.78 is 15.4. The van der Waals surface area contributed by atoms with Gasteiger partial charge in [0, 0.05) is 80.3 Å². The number of nitrogens with one attached hydrogen (secondary N) is 2. The number of aromatic nitrogens is 2. The Bertz CT molecular complexity index is 1130. The van der Waals surface area contributed by atoms with E-state index in [1.54, 1.807) is 17.2 Å². The Morgan fingerprint density at radius 3 is 2.72 bits per heavy atom. The van der Waals surface area contributed by atoms with E-state index < -0.39 is 16.6 Å². The van der Waals surface area contributed by atoms with Crippen LogP contribution in [0.2, 0.25) is 5.02 Å². The predicted molar refractivity (Wildman–Crippen MR) is 166 cm³/mol. The van der Waals surface area contributed by atoms with Crippen LogP contribution in [0.1, 0.15) is 49.9 Å². The first-order valence-corrected chi connectivity index (χ1v) is 15.2. The van der Waals surface area contributed by atoms with Crippen molar-refractivity contribution in [3.05, 3.63) is 66.5 Å². The van der Waals surface area contributed by atoms with E-state index in [0.29, 0.717) is 23.8 Å². The number of benzene rings is 1. The maximum absolute atomic E-state index is 10.5. The molecule has 1 radical (unpaired) electrons. The van der Waals surface area contributed by atoms with E-state index in [9.17, 15) is 9.66 Å². The topological polar surface area (TPSA) is 97.9 Å². The molecule has 4 N–H and O–H groups in total. The molecule has 0 aliphatic carbocycles. The molecule has 39 heavy (non-hydrogen) atoms. The van der Waals surface area contributed by atoms with E-state index in [0.717, 1.165) is 54.0 Å². The molecule has 0 saturated carbocycles. The van der Waals surface area contributed by atoms with Gasteiger partial charge in [-0.15, -0.1) is 6.54 Å². The van der Waals surface area contributed by atoms with Gasteiger partial charge in [0.05, 0.1) is 17.4 Å². The summed E-state index contributed by atoms with van der Waals surface area (Å²) in [5.41, 5.74) is 4.36. The molecule has 215 valence electrons. The number of aliphatic imine (C=N–C) groups is 1. The minimum Gasteiger partial charge on any atom is -0.425 e. The molecule has 2 unspecified atom stereocenters. The van der Waals surface area contributed by atoms with E-state index in [-0.39, 0.29) is 46.2 Å². The van der Waals surface area contributed by atoms with Crippen LogP contribution in [-0.4, -0.2) is 69.8 Å². The second-order valence-corrected chi connectivity index (χ2v) is 13.0. The van der Waals surface area contributed by atoms with Gasteiger partial charge in [-0.2, -0.15) is 5.10 Å². The van der Waals surface area contributed by atoms with Crippen molar-refractivity contribution in [1.29, 1.82) is 0 Å². The van der Waals surface area contributed by atoms with Gasteiger partial charge in [0.25, 0.3) is 0 Å². The van der Waals surface area contributed by atoms with Crippen molar-refractivity contribution in [1.82, 2.24) is 20.0 Å². The molecule has 2 aromatic rings. The fraction of sp³-hybridized carbons (Fsp3) is 0.429. The van der Waals surface area contributed by atoms with Gasteiger partial charge < -0.3 is 32.0 Å². The zero-order valence-electron chi connectivity index (χ0n) is 23.8. The van der Waals surface area contributed by atoms with Crippen LogP contribution in [0.25, 0.3) is 11.9 Å². The van der Waals surface area contributed by atoms with E-state index >= 15 is 0 Å². The molecule has 2 atom stereocenters. The number of hydrogen-bond acceptors (Lipinski definition) is 7. The Morgan fingerprint density at radius 2 is 2.08 bits per heavy atom. The zero-order valence-corrected chi connectivity index (χ0v) is 28.2. The molecular weight excluding hydrogens is 609 g/mol.